The average Bonchev–Trinajstić information content (AvgIpc) is 2.48. The first kappa shape index (κ1) is 26.3. The van der Waals surface area contributed by atoms with E-state index in [0.29, 0.717) is 0 Å². The molecule has 0 aromatic rings. The van der Waals surface area contributed by atoms with Crippen LogP contribution in [0.3, 0.4) is 0 Å². The van der Waals surface area contributed by atoms with Crippen LogP contribution in [0, 0.1) is 0 Å². The molecular weight excluding hydrogens is 435 g/mol. The molecule has 0 N–H and O–H groups in total. The van der Waals surface area contributed by atoms with Crippen LogP contribution in [-0.4, -0.2) is 52.1 Å². The van der Waals surface area contributed by atoms with Gasteiger partial charge in [0, 0.05) is 22.4 Å². The van der Waals surface area contributed by atoms with E-state index in [2.05, 4.69) is 4.74 Å². The van der Waals surface area contributed by atoms with E-state index in [4.69, 9.17) is 0 Å². The maximum Gasteiger partial charge on any atom is 0.426 e. The first-order chi connectivity index (χ1) is 11.8. The fraction of sp³-hybridized carbons (Fsp3) is 1.00. The van der Waals surface area contributed by atoms with Gasteiger partial charge in [-0.1, -0.05) is 12.6 Å². The van der Waals surface area contributed by atoms with Crippen LogP contribution in [0.5, 0.6) is 0 Å². The number of alkyl halides is 13. The molecule has 0 bridgehead atoms. The molecule has 0 heterocycles. The molecule has 0 saturated carbocycles. The molecule has 0 fully saturated rings. The minimum absolute atomic E-state index is 0.254. The molecule has 0 spiro atoms. The molecule has 27 heavy (non-hydrogen) atoms. The molecule has 0 rings (SSSR count). The predicted molar refractivity (Wildman–Crippen MR) is 69.8 cm³/mol. The van der Waals surface area contributed by atoms with E-state index in [-0.39, 0.29) is 12.5 Å². The lowest BCUT2D eigenvalue weighted by Gasteiger charge is -2.39. The van der Waals surface area contributed by atoms with Gasteiger partial charge in [0.05, 0.1) is 6.61 Å². The topological polar surface area (TPSA) is 9.23 Å². The van der Waals surface area contributed by atoms with Crippen molar-refractivity contribution >= 4 is 9.52 Å². The van der Waals surface area contributed by atoms with E-state index in [1.165, 1.54) is 0 Å². The summed E-state index contributed by atoms with van der Waals surface area (Å²) < 4.78 is 171. The fourth-order valence-electron chi connectivity index (χ4n) is 1.71. The summed E-state index contributed by atoms with van der Waals surface area (Å²) in [5, 5.41) is 0. The molecule has 0 aromatic carbocycles. The lowest BCUT2D eigenvalue weighted by molar-refractivity contribution is -0.446. The van der Waals surface area contributed by atoms with Gasteiger partial charge in [0.15, 0.2) is 0 Å². The average molecular weight is 450 g/mol. The van der Waals surface area contributed by atoms with E-state index < -0.39 is 64.9 Å². The molecule has 0 aromatic heterocycles. The molecule has 0 aliphatic heterocycles. The van der Waals surface area contributed by atoms with Crippen molar-refractivity contribution in [3.05, 3.63) is 0 Å². The summed E-state index contributed by atoms with van der Waals surface area (Å²) in [7, 11) is -0.742. The lowest BCUT2D eigenvalue weighted by Crippen LogP contribution is -2.67. The van der Waals surface area contributed by atoms with E-state index >= 15 is 0 Å². The van der Waals surface area contributed by atoms with Gasteiger partial charge in [0.1, 0.15) is 0 Å². The van der Waals surface area contributed by atoms with Crippen molar-refractivity contribution in [3.8, 4) is 0 Å². The molecule has 0 radical (unpaired) electrons. The molecule has 0 aliphatic rings. The second-order valence-corrected chi connectivity index (χ2v) is 7.32. The van der Waals surface area contributed by atoms with Crippen LogP contribution >= 0.6 is 0 Å². The summed E-state index contributed by atoms with van der Waals surface area (Å²) in [5.41, 5.74) is 0. The number of halogens is 13. The minimum atomic E-state index is -7.42. The van der Waals surface area contributed by atoms with Crippen LogP contribution in [0.15, 0.2) is 0 Å². The van der Waals surface area contributed by atoms with Gasteiger partial charge in [-0.25, -0.2) is 0 Å². The van der Waals surface area contributed by atoms with E-state index in [9.17, 15) is 57.1 Å². The van der Waals surface area contributed by atoms with Gasteiger partial charge in [0.2, 0.25) is 0 Å². The predicted octanol–water partition coefficient (Wildman–Crippen LogP) is 5.50. The zero-order chi connectivity index (χ0) is 21.9. The largest absolute Gasteiger partial charge is 0.426 e. The number of ether oxygens (including phenoxy) is 1. The molecule has 164 valence electrons. The van der Waals surface area contributed by atoms with Gasteiger partial charge < -0.3 is 4.74 Å². The van der Waals surface area contributed by atoms with Crippen LogP contribution in [-0.2, 0) is 4.74 Å². The van der Waals surface area contributed by atoms with Gasteiger partial charge in [0.25, 0.3) is 0 Å². The normalized spacial score (nSPS) is 15.8. The molecule has 0 saturated heterocycles. The first-order valence-electron chi connectivity index (χ1n) is 7.36. The second kappa shape index (κ2) is 8.33. The highest BCUT2D eigenvalue weighted by atomic mass is 28.2. The van der Waals surface area contributed by atoms with Gasteiger partial charge in [-0.3, -0.25) is 0 Å². The van der Waals surface area contributed by atoms with Crippen molar-refractivity contribution in [2.75, 3.05) is 6.61 Å². The van der Waals surface area contributed by atoms with Gasteiger partial charge in [-0.05, 0) is 6.42 Å². The highest BCUT2D eigenvalue weighted by Gasteiger charge is 2.86. The van der Waals surface area contributed by atoms with Crippen LogP contribution in [0.25, 0.3) is 0 Å². The molecule has 0 atom stereocenters. The third kappa shape index (κ3) is 5.64. The van der Waals surface area contributed by atoms with Crippen molar-refractivity contribution in [3.63, 3.8) is 0 Å². The van der Waals surface area contributed by atoms with Crippen LogP contribution in [0.4, 0.5) is 57.1 Å². The Balaban J connectivity index is 5.62. The van der Waals surface area contributed by atoms with Gasteiger partial charge in [-0.2, -0.15) is 57.1 Å². The molecular formula is C12H15F13OSi. The Bertz CT molecular complexity index is 474. The van der Waals surface area contributed by atoms with Crippen molar-refractivity contribution < 1.29 is 61.8 Å². The second-order valence-electron chi connectivity index (χ2n) is 5.62. The summed E-state index contributed by atoms with van der Waals surface area (Å²) in [6.45, 7) is 0.431. The number of hydrogen-bond acceptors (Lipinski definition) is 1. The van der Waals surface area contributed by atoms with E-state index in [1.807, 2.05) is 0 Å². The first-order valence-corrected chi connectivity index (χ1v) is 9.78. The number of hydrogen-bond donors (Lipinski definition) is 0. The molecule has 0 amide bonds. The third-order valence-electron chi connectivity index (χ3n) is 3.37. The Labute approximate surface area is 147 Å². The van der Waals surface area contributed by atoms with Crippen molar-refractivity contribution in [2.45, 2.75) is 67.8 Å². The fourth-order valence-corrected chi connectivity index (χ4v) is 2.41. The minimum Gasteiger partial charge on any atom is -0.316 e. The smallest absolute Gasteiger partial charge is 0.316 e. The van der Waals surface area contributed by atoms with Crippen molar-refractivity contribution in [1.29, 1.82) is 0 Å². The van der Waals surface area contributed by atoms with Crippen molar-refractivity contribution in [1.82, 2.24) is 0 Å². The SMILES string of the molecule is C[SiH2]CCCOC(F)(F)C(F)(F)C(F)(F)C(F)(F)C(F)(F)CCC(F)(F)F. The summed E-state index contributed by atoms with van der Waals surface area (Å²) in [6.07, 6.45) is -17.8. The standard InChI is InChI=1S/C12H15F13OSi/c1-27-6-2-5-26-12(24,25)11(22,23)10(20,21)9(18,19)7(13,14)3-4-8(15,16)17/h2-6,27H2,1H3. The quantitative estimate of drug-likeness (QED) is 0.229. The van der Waals surface area contributed by atoms with Gasteiger partial charge in [-0.15, -0.1) is 0 Å². The summed E-state index contributed by atoms with van der Waals surface area (Å²) >= 11 is 0. The zero-order valence-corrected chi connectivity index (χ0v) is 15.0. The number of rotatable bonds is 11. The van der Waals surface area contributed by atoms with E-state index in [1.54, 1.807) is 6.55 Å². The third-order valence-corrected chi connectivity index (χ3v) is 4.57. The Morgan fingerprint density at radius 1 is 0.667 bits per heavy atom. The van der Waals surface area contributed by atoms with Gasteiger partial charge >= 0.3 is 36.0 Å². The van der Waals surface area contributed by atoms with E-state index in [0.717, 1.165) is 0 Å². The van der Waals surface area contributed by atoms with Crippen LogP contribution in [0.1, 0.15) is 19.3 Å². The Hall–Kier alpha value is -0.733. The Morgan fingerprint density at radius 2 is 1.15 bits per heavy atom. The molecule has 0 unspecified atom stereocenters. The summed E-state index contributed by atoms with van der Waals surface area (Å²) in [6, 6.07) is 0.254. The Morgan fingerprint density at radius 3 is 1.56 bits per heavy atom. The highest BCUT2D eigenvalue weighted by molar-refractivity contribution is 6.33. The van der Waals surface area contributed by atoms with Crippen LogP contribution in [0.2, 0.25) is 12.6 Å². The molecule has 1 nitrogen and oxygen atoms in total. The molecule has 0 aliphatic carbocycles. The molecule has 15 heteroatoms. The highest BCUT2D eigenvalue weighted by Crippen LogP contribution is 2.58. The lowest BCUT2D eigenvalue weighted by atomic mass is 9.95. The van der Waals surface area contributed by atoms with Crippen LogP contribution < -0.4 is 0 Å². The Kier molecular flexibility index (Phi) is 8.10. The maximum absolute atomic E-state index is 13.4. The summed E-state index contributed by atoms with van der Waals surface area (Å²) in [5.74, 6) is -28.1. The maximum atomic E-state index is 13.4. The zero-order valence-electron chi connectivity index (χ0n) is 13.6. The van der Waals surface area contributed by atoms with Crippen molar-refractivity contribution in [2.24, 2.45) is 0 Å². The summed E-state index contributed by atoms with van der Waals surface area (Å²) in [4.78, 5) is 0. The monoisotopic (exact) mass is 450 g/mol.